The zero-order valence-electron chi connectivity index (χ0n) is 16.1. The Morgan fingerprint density at radius 2 is 1.81 bits per heavy atom. The first-order valence-corrected chi connectivity index (χ1v) is 9.64. The first kappa shape index (κ1) is 23.2. The van der Waals surface area contributed by atoms with Crippen LogP contribution in [0.25, 0.3) is 0 Å². The Labute approximate surface area is 168 Å². The van der Waals surface area contributed by atoms with Crippen molar-refractivity contribution in [3.63, 3.8) is 0 Å². The average molecular weight is 403 g/mol. The van der Waals surface area contributed by atoms with Gasteiger partial charge in [-0.05, 0) is 56.5 Å². The lowest BCUT2D eigenvalue weighted by molar-refractivity contribution is -0.136. The number of amides is 1. The summed E-state index contributed by atoms with van der Waals surface area (Å²) in [4.78, 5) is 13.0. The van der Waals surface area contributed by atoms with Crippen molar-refractivity contribution in [3.8, 4) is 0 Å². The van der Waals surface area contributed by atoms with Gasteiger partial charge in [-0.25, -0.2) is 0 Å². The number of nitrogens with one attached hydrogen (secondary N) is 2. The molecule has 6 heteroatoms. The molecule has 0 radical (unpaired) electrons. The number of carbonyl (C=O) groups is 1. The molecule has 4 nitrogen and oxygen atoms in total. The molecule has 1 aliphatic heterocycles. The summed E-state index contributed by atoms with van der Waals surface area (Å²) >= 11 is 6.04. The SMILES string of the molecule is CCC(CC)(CNC(=O)C1(COC)CCNCC1)c1ccc(Cl)cc1.Cl. The number of rotatable bonds is 8. The average Bonchev–Trinajstić information content (AvgIpc) is 2.65. The van der Waals surface area contributed by atoms with Crippen LogP contribution in [0.2, 0.25) is 5.02 Å². The van der Waals surface area contributed by atoms with Gasteiger partial charge in [0.25, 0.3) is 0 Å². The largest absolute Gasteiger partial charge is 0.384 e. The van der Waals surface area contributed by atoms with Crippen molar-refractivity contribution in [2.24, 2.45) is 5.41 Å². The minimum Gasteiger partial charge on any atom is -0.384 e. The summed E-state index contributed by atoms with van der Waals surface area (Å²) in [5.41, 5.74) is 0.752. The van der Waals surface area contributed by atoms with Crippen LogP contribution in [0.3, 0.4) is 0 Å². The quantitative estimate of drug-likeness (QED) is 0.691. The van der Waals surface area contributed by atoms with Gasteiger partial charge in [-0.3, -0.25) is 4.79 Å². The third kappa shape index (κ3) is 5.13. The van der Waals surface area contributed by atoms with Crippen molar-refractivity contribution in [1.82, 2.24) is 10.6 Å². The number of piperidine rings is 1. The Bertz CT molecular complexity index is 548. The predicted octanol–water partition coefficient (Wildman–Crippen LogP) is 3.95. The Kier molecular flexibility index (Phi) is 9.39. The molecule has 0 aromatic heterocycles. The summed E-state index contributed by atoms with van der Waals surface area (Å²) in [5, 5.41) is 7.32. The molecule has 0 unspecified atom stereocenters. The summed E-state index contributed by atoms with van der Waals surface area (Å²) in [5.74, 6) is 0.121. The van der Waals surface area contributed by atoms with E-state index in [0.29, 0.717) is 13.2 Å². The second kappa shape index (κ2) is 10.5. The molecule has 26 heavy (non-hydrogen) atoms. The van der Waals surface area contributed by atoms with Gasteiger partial charge < -0.3 is 15.4 Å². The fourth-order valence-electron chi connectivity index (χ4n) is 3.87. The standard InChI is InChI=1S/C20H31ClN2O2.ClH/c1-4-19(5-2,16-6-8-17(21)9-7-16)14-23-18(24)20(15-25-3)10-12-22-13-11-20;/h6-9,22H,4-5,10-15H2,1-3H3,(H,23,24);1H. The Morgan fingerprint density at radius 3 is 2.31 bits per heavy atom. The summed E-state index contributed by atoms with van der Waals surface area (Å²) in [7, 11) is 1.67. The Hall–Kier alpha value is -0.810. The Morgan fingerprint density at radius 1 is 1.23 bits per heavy atom. The fourth-order valence-corrected chi connectivity index (χ4v) is 4.00. The van der Waals surface area contributed by atoms with Crippen LogP contribution in [0.15, 0.2) is 24.3 Å². The molecule has 1 aromatic carbocycles. The smallest absolute Gasteiger partial charge is 0.228 e. The molecular weight excluding hydrogens is 371 g/mol. The van der Waals surface area contributed by atoms with E-state index in [9.17, 15) is 4.79 Å². The first-order chi connectivity index (χ1) is 12.0. The van der Waals surface area contributed by atoms with Gasteiger partial charge >= 0.3 is 0 Å². The van der Waals surface area contributed by atoms with Gasteiger partial charge in [0.1, 0.15) is 0 Å². The van der Waals surface area contributed by atoms with Gasteiger partial charge in [-0.2, -0.15) is 0 Å². The summed E-state index contributed by atoms with van der Waals surface area (Å²) in [6.07, 6.45) is 3.56. The summed E-state index contributed by atoms with van der Waals surface area (Å²) in [6.45, 7) is 7.20. The molecule has 0 saturated carbocycles. The van der Waals surface area contributed by atoms with Gasteiger partial charge in [-0.1, -0.05) is 37.6 Å². The molecular formula is C20H32Cl2N2O2. The molecule has 148 valence electrons. The van der Waals surface area contributed by atoms with Crippen LogP contribution < -0.4 is 10.6 Å². The Balaban J connectivity index is 0.00000338. The zero-order chi connectivity index (χ0) is 18.3. The van der Waals surface area contributed by atoms with Crippen LogP contribution in [0, 0.1) is 5.41 Å². The van der Waals surface area contributed by atoms with Crippen molar-refractivity contribution in [2.75, 3.05) is 33.4 Å². The highest BCUT2D eigenvalue weighted by molar-refractivity contribution is 6.30. The summed E-state index contributed by atoms with van der Waals surface area (Å²) < 4.78 is 5.38. The van der Waals surface area contributed by atoms with Crippen molar-refractivity contribution in [3.05, 3.63) is 34.9 Å². The van der Waals surface area contributed by atoms with Crippen molar-refractivity contribution < 1.29 is 9.53 Å². The summed E-state index contributed by atoms with van der Waals surface area (Å²) in [6, 6.07) is 8.02. The van der Waals surface area contributed by atoms with Crippen LogP contribution in [0.1, 0.15) is 45.1 Å². The van der Waals surface area contributed by atoms with E-state index in [2.05, 4.69) is 36.6 Å². The molecule has 0 spiro atoms. The molecule has 1 heterocycles. The van der Waals surface area contributed by atoms with E-state index in [1.54, 1.807) is 7.11 Å². The maximum absolute atomic E-state index is 13.0. The molecule has 1 aliphatic rings. The predicted molar refractivity (Wildman–Crippen MR) is 110 cm³/mol. The normalized spacial score (nSPS) is 16.6. The van der Waals surface area contributed by atoms with E-state index >= 15 is 0 Å². The maximum Gasteiger partial charge on any atom is 0.228 e. The van der Waals surface area contributed by atoms with Crippen LogP contribution in [-0.4, -0.2) is 39.3 Å². The van der Waals surface area contributed by atoms with Gasteiger partial charge in [-0.15, -0.1) is 12.4 Å². The van der Waals surface area contributed by atoms with Gasteiger partial charge in [0.2, 0.25) is 5.91 Å². The van der Waals surface area contributed by atoms with E-state index < -0.39 is 5.41 Å². The minimum atomic E-state index is -0.410. The monoisotopic (exact) mass is 402 g/mol. The number of halogens is 2. The van der Waals surface area contributed by atoms with E-state index in [4.69, 9.17) is 16.3 Å². The zero-order valence-corrected chi connectivity index (χ0v) is 17.6. The molecule has 0 aliphatic carbocycles. The molecule has 0 bridgehead atoms. The lowest BCUT2D eigenvalue weighted by atomic mass is 9.74. The number of methoxy groups -OCH3 is 1. The molecule has 2 rings (SSSR count). The molecule has 2 N–H and O–H groups in total. The minimum absolute atomic E-state index is 0. The van der Waals surface area contributed by atoms with Crippen LogP contribution in [-0.2, 0) is 14.9 Å². The highest BCUT2D eigenvalue weighted by Crippen LogP contribution is 2.34. The highest BCUT2D eigenvalue weighted by atomic mass is 35.5. The number of carbonyl (C=O) groups excluding carboxylic acids is 1. The van der Waals surface area contributed by atoms with Crippen molar-refractivity contribution in [2.45, 2.75) is 44.9 Å². The van der Waals surface area contributed by atoms with Crippen LogP contribution in [0.5, 0.6) is 0 Å². The number of hydrogen-bond donors (Lipinski definition) is 2. The van der Waals surface area contributed by atoms with E-state index in [0.717, 1.165) is 43.8 Å². The van der Waals surface area contributed by atoms with Gasteiger partial charge in [0.05, 0.1) is 12.0 Å². The van der Waals surface area contributed by atoms with Crippen molar-refractivity contribution >= 4 is 29.9 Å². The van der Waals surface area contributed by atoms with Gasteiger partial charge in [0.15, 0.2) is 0 Å². The second-order valence-corrected chi connectivity index (χ2v) is 7.58. The third-order valence-electron chi connectivity index (χ3n) is 5.86. The van der Waals surface area contributed by atoms with Gasteiger partial charge in [0, 0.05) is 24.1 Å². The number of ether oxygens (including phenoxy) is 1. The molecule has 1 fully saturated rings. The van der Waals surface area contributed by atoms with E-state index in [-0.39, 0.29) is 23.7 Å². The van der Waals surface area contributed by atoms with E-state index in [1.165, 1.54) is 5.56 Å². The van der Waals surface area contributed by atoms with E-state index in [1.807, 2.05) is 12.1 Å². The lowest BCUT2D eigenvalue weighted by Crippen LogP contribution is -2.52. The van der Waals surface area contributed by atoms with Crippen LogP contribution >= 0.6 is 24.0 Å². The third-order valence-corrected chi connectivity index (χ3v) is 6.11. The second-order valence-electron chi connectivity index (χ2n) is 7.14. The lowest BCUT2D eigenvalue weighted by Gasteiger charge is -2.38. The number of hydrogen-bond acceptors (Lipinski definition) is 3. The highest BCUT2D eigenvalue weighted by Gasteiger charge is 2.40. The number of benzene rings is 1. The molecule has 1 saturated heterocycles. The fraction of sp³-hybridized carbons (Fsp3) is 0.650. The molecule has 1 amide bonds. The first-order valence-electron chi connectivity index (χ1n) is 9.26. The molecule has 0 atom stereocenters. The topological polar surface area (TPSA) is 50.4 Å². The van der Waals surface area contributed by atoms with Crippen LogP contribution in [0.4, 0.5) is 0 Å². The van der Waals surface area contributed by atoms with Crippen molar-refractivity contribution in [1.29, 1.82) is 0 Å². The molecule has 1 aromatic rings. The maximum atomic E-state index is 13.0.